The van der Waals surface area contributed by atoms with Gasteiger partial charge in [-0.05, 0) is 35.7 Å². The molecule has 154 valence electrons. The van der Waals surface area contributed by atoms with Gasteiger partial charge in [0.15, 0.2) is 0 Å². The molecule has 0 bridgehead atoms. The summed E-state index contributed by atoms with van der Waals surface area (Å²) in [5.74, 6) is 0.627. The van der Waals surface area contributed by atoms with Crippen molar-refractivity contribution in [2.24, 2.45) is 5.41 Å². The molecule has 0 aliphatic carbocycles. The van der Waals surface area contributed by atoms with Crippen molar-refractivity contribution in [2.45, 2.75) is 33.9 Å². The first kappa shape index (κ1) is 19.5. The van der Waals surface area contributed by atoms with E-state index < -0.39 is 0 Å². The summed E-state index contributed by atoms with van der Waals surface area (Å²) in [5.41, 5.74) is 9.34. The number of phenolic OH excluding ortho intramolecular Hbond substituents is 1. The van der Waals surface area contributed by atoms with Gasteiger partial charge < -0.3 is 20.3 Å². The van der Waals surface area contributed by atoms with Crippen LogP contribution in [0.3, 0.4) is 0 Å². The molecule has 0 atom stereocenters. The van der Waals surface area contributed by atoms with Gasteiger partial charge in [0.2, 0.25) is 5.95 Å². The summed E-state index contributed by atoms with van der Waals surface area (Å²) in [6, 6.07) is 9.66. The molecule has 0 radical (unpaired) electrons. The summed E-state index contributed by atoms with van der Waals surface area (Å²) in [4.78, 5) is 13.5. The summed E-state index contributed by atoms with van der Waals surface area (Å²) in [7, 11) is 0. The zero-order valence-corrected chi connectivity index (χ0v) is 17.5. The molecule has 1 aliphatic rings. The second kappa shape index (κ2) is 7.55. The molecule has 0 spiro atoms. The van der Waals surface area contributed by atoms with Crippen molar-refractivity contribution in [3.05, 3.63) is 42.2 Å². The van der Waals surface area contributed by atoms with Gasteiger partial charge in [-0.2, -0.15) is 4.98 Å². The third-order valence-electron chi connectivity index (χ3n) is 5.34. The Morgan fingerprint density at radius 2 is 1.76 bits per heavy atom. The number of hydrogen-bond donors (Lipinski definition) is 2. The van der Waals surface area contributed by atoms with E-state index in [2.05, 4.69) is 51.2 Å². The number of anilines is 2. The number of rotatable bonds is 4. The molecule has 0 unspecified atom stereocenters. The van der Waals surface area contributed by atoms with Gasteiger partial charge in [0.05, 0.1) is 0 Å². The Hall–Kier alpha value is -2.80. The van der Waals surface area contributed by atoms with Gasteiger partial charge in [0.25, 0.3) is 0 Å². The molecule has 7 heteroatoms. The van der Waals surface area contributed by atoms with E-state index in [0.717, 1.165) is 56.0 Å². The molecular formula is C22H30N6O. The Morgan fingerprint density at radius 3 is 2.41 bits per heavy atom. The van der Waals surface area contributed by atoms with Gasteiger partial charge in [-0.3, -0.25) is 4.90 Å². The first-order valence-electron chi connectivity index (χ1n) is 10.2. The van der Waals surface area contributed by atoms with Gasteiger partial charge in [0, 0.05) is 62.2 Å². The zero-order valence-electron chi connectivity index (χ0n) is 17.5. The number of piperazine rings is 1. The van der Waals surface area contributed by atoms with Crippen LogP contribution >= 0.6 is 0 Å². The summed E-state index contributed by atoms with van der Waals surface area (Å²) in [6.45, 7) is 12.4. The van der Waals surface area contributed by atoms with Crippen LogP contribution in [0.5, 0.6) is 5.75 Å². The first-order chi connectivity index (χ1) is 13.8. The van der Waals surface area contributed by atoms with Gasteiger partial charge >= 0.3 is 0 Å². The highest BCUT2D eigenvalue weighted by atomic mass is 16.3. The van der Waals surface area contributed by atoms with E-state index in [1.165, 1.54) is 5.69 Å². The maximum atomic E-state index is 9.50. The molecule has 1 aliphatic heterocycles. The predicted octanol–water partition coefficient (Wildman–Crippen LogP) is 3.09. The number of aromatic nitrogens is 3. The number of aromatic hydroxyl groups is 1. The van der Waals surface area contributed by atoms with Gasteiger partial charge in [-0.15, -0.1) is 0 Å². The molecule has 0 saturated carbocycles. The minimum absolute atomic E-state index is 0.137. The molecule has 1 aromatic carbocycles. The Kier molecular flexibility index (Phi) is 5.08. The summed E-state index contributed by atoms with van der Waals surface area (Å²) in [6.07, 6.45) is 1.82. The lowest BCUT2D eigenvalue weighted by molar-refractivity contribution is 0.239. The Balaban J connectivity index is 1.51. The molecule has 7 nitrogen and oxygen atoms in total. The molecule has 3 heterocycles. The van der Waals surface area contributed by atoms with Crippen LogP contribution < -0.4 is 10.6 Å². The smallest absolute Gasteiger partial charge is 0.221 e. The lowest BCUT2D eigenvalue weighted by Gasteiger charge is -2.36. The highest BCUT2D eigenvalue weighted by molar-refractivity contribution is 5.77. The molecule has 4 rings (SSSR count). The Bertz CT molecular complexity index is 981. The van der Waals surface area contributed by atoms with E-state index in [1.54, 1.807) is 12.1 Å². The first-order valence-corrected chi connectivity index (χ1v) is 10.2. The van der Waals surface area contributed by atoms with Crippen LogP contribution in [0.1, 0.15) is 26.5 Å². The molecule has 1 fully saturated rings. The number of fused-ring (bicyclic) bond motifs is 1. The molecule has 2 aromatic heterocycles. The second-order valence-electron chi connectivity index (χ2n) is 9.07. The van der Waals surface area contributed by atoms with E-state index in [0.29, 0.717) is 11.7 Å². The minimum Gasteiger partial charge on any atom is -0.508 e. The fraction of sp³-hybridized carbons (Fsp3) is 0.455. The maximum absolute atomic E-state index is 9.50. The SMILES string of the molecule is CC(C)(C)Cn1c(CN2CCN(c3ccc(O)cc3)CC2)cc2cnc(N)nc21. The Morgan fingerprint density at radius 1 is 1.07 bits per heavy atom. The van der Waals surface area contributed by atoms with Crippen molar-refractivity contribution < 1.29 is 5.11 Å². The standard InChI is InChI=1S/C22H30N6O/c1-22(2,3)15-28-18(12-16-13-24-21(23)25-20(16)28)14-26-8-10-27(11-9-26)17-4-6-19(29)7-5-17/h4-7,12-13,29H,8-11,14-15H2,1-3H3,(H2,23,24,25). The van der Waals surface area contributed by atoms with Crippen molar-refractivity contribution in [1.29, 1.82) is 0 Å². The van der Waals surface area contributed by atoms with Crippen LogP contribution in [-0.2, 0) is 13.1 Å². The van der Waals surface area contributed by atoms with Crippen molar-refractivity contribution >= 4 is 22.7 Å². The quantitative estimate of drug-likeness (QED) is 0.708. The number of nitrogens with zero attached hydrogens (tertiary/aromatic N) is 5. The average molecular weight is 395 g/mol. The van der Waals surface area contributed by atoms with Crippen molar-refractivity contribution in [3.8, 4) is 5.75 Å². The highest BCUT2D eigenvalue weighted by Gasteiger charge is 2.22. The largest absolute Gasteiger partial charge is 0.508 e. The monoisotopic (exact) mass is 394 g/mol. The zero-order chi connectivity index (χ0) is 20.6. The van der Waals surface area contributed by atoms with Gasteiger partial charge in [-0.1, -0.05) is 20.8 Å². The highest BCUT2D eigenvalue weighted by Crippen LogP contribution is 2.26. The van der Waals surface area contributed by atoms with Crippen LogP contribution in [0, 0.1) is 5.41 Å². The third kappa shape index (κ3) is 4.45. The molecule has 29 heavy (non-hydrogen) atoms. The number of phenols is 1. The molecule has 0 amide bonds. The Labute approximate surface area is 171 Å². The number of nitrogen functional groups attached to an aromatic ring is 1. The predicted molar refractivity (Wildman–Crippen MR) is 117 cm³/mol. The van der Waals surface area contributed by atoms with Crippen LogP contribution in [0.4, 0.5) is 11.6 Å². The normalized spacial score (nSPS) is 15.9. The van der Waals surface area contributed by atoms with Crippen LogP contribution in [0.25, 0.3) is 11.0 Å². The van der Waals surface area contributed by atoms with E-state index in [1.807, 2.05) is 18.3 Å². The number of benzene rings is 1. The molecular weight excluding hydrogens is 364 g/mol. The molecule has 1 saturated heterocycles. The second-order valence-corrected chi connectivity index (χ2v) is 9.07. The fourth-order valence-corrected chi connectivity index (χ4v) is 3.95. The van der Waals surface area contributed by atoms with Crippen molar-refractivity contribution in [1.82, 2.24) is 19.4 Å². The molecule has 3 N–H and O–H groups in total. The lowest BCUT2D eigenvalue weighted by atomic mass is 9.97. The van der Waals surface area contributed by atoms with E-state index in [9.17, 15) is 5.11 Å². The van der Waals surface area contributed by atoms with Crippen molar-refractivity contribution in [3.63, 3.8) is 0 Å². The van der Waals surface area contributed by atoms with E-state index >= 15 is 0 Å². The minimum atomic E-state index is 0.137. The van der Waals surface area contributed by atoms with Crippen LogP contribution in [0.2, 0.25) is 0 Å². The van der Waals surface area contributed by atoms with Crippen molar-refractivity contribution in [2.75, 3.05) is 36.8 Å². The summed E-state index contributed by atoms with van der Waals surface area (Å²) >= 11 is 0. The summed E-state index contributed by atoms with van der Waals surface area (Å²) < 4.78 is 2.31. The number of nitrogens with two attached hydrogens (primary N) is 1. The molecule has 3 aromatic rings. The number of hydrogen-bond acceptors (Lipinski definition) is 6. The van der Waals surface area contributed by atoms with Crippen LogP contribution in [-0.4, -0.2) is 50.7 Å². The summed E-state index contributed by atoms with van der Waals surface area (Å²) in [5, 5.41) is 10.5. The lowest BCUT2D eigenvalue weighted by Crippen LogP contribution is -2.46. The fourth-order valence-electron chi connectivity index (χ4n) is 3.95. The van der Waals surface area contributed by atoms with Gasteiger partial charge in [0.1, 0.15) is 11.4 Å². The van der Waals surface area contributed by atoms with E-state index in [-0.39, 0.29) is 5.41 Å². The average Bonchev–Trinajstić information content (AvgIpc) is 2.98. The topological polar surface area (TPSA) is 83.4 Å². The van der Waals surface area contributed by atoms with Gasteiger partial charge in [-0.25, -0.2) is 4.98 Å². The van der Waals surface area contributed by atoms with Crippen LogP contribution in [0.15, 0.2) is 36.5 Å². The van der Waals surface area contributed by atoms with E-state index in [4.69, 9.17) is 5.73 Å². The third-order valence-corrected chi connectivity index (χ3v) is 5.34. The maximum Gasteiger partial charge on any atom is 0.221 e.